The molecule has 0 aliphatic carbocycles. The predicted octanol–water partition coefficient (Wildman–Crippen LogP) is 0.685. The average molecular weight is 292 g/mol. The van der Waals surface area contributed by atoms with Gasteiger partial charge in [0, 0.05) is 19.0 Å². The van der Waals surface area contributed by atoms with Gasteiger partial charge in [0.15, 0.2) is 5.82 Å². The highest BCUT2D eigenvalue weighted by atomic mass is 16.5. The predicted molar refractivity (Wildman–Crippen MR) is 73.4 cm³/mol. The third kappa shape index (κ3) is 3.64. The van der Waals surface area contributed by atoms with Crippen LogP contribution in [0.2, 0.25) is 0 Å². The monoisotopic (exact) mass is 292 g/mol. The highest BCUT2D eigenvalue weighted by Gasteiger charge is 2.23. The number of nitrogens with zero attached hydrogens (tertiary/aromatic N) is 6. The van der Waals surface area contributed by atoms with Crippen LogP contribution in [0.25, 0.3) is 0 Å². The Kier molecular flexibility index (Phi) is 4.26. The van der Waals surface area contributed by atoms with Crippen LogP contribution in [0.1, 0.15) is 31.5 Å². The van der Waals surface area contributed by atoms with Crippen LogP contribution in [-0.4, -0.2) is 55.6 Å². The van der Waals surface area contributed by atoms with Gasteiger partial charge in [-0.25, -0.2) is 4.98 Å². The number of ether oxygens (including phenoxy) is 1. The van der Waals surface area contributed by atoms with E-state index < -0.39 is 0 Å². The standard InChI is InChI=1S/C13H20N6O2/c1-10(2)13-16-12(17-21-13)7-18-3-4-20-11(5-18)6-19-9-14-8-15-19/h8-11H,3-7H2,1-2H3/t11-/m1/s1. The van der Waals surface area contributed by atoms with Gasteiger partial charge in [0.05, 0.1) is 25.8 Å². The van der Waals surface area contributed by atoms with E-state index in [-0.39, 0.29) is 12.0 Å². The first-order valence-electron chi connectivity index (χ1n) is 7.19. The highest BCUT2D eigenvalue weighted by molar-refractivity contribution is 4.91. The number of aromatic nitrogens is 5. The van der Waals surface area contributed by atoms with Crippen molar-refractivity contribution in [3.05, 3.63) is 24.4 Å². The molecular weight excluding hydrogens is 272 g/mol. The SMILES string of the molecule is CC(C)c1nc(CN2CCO[C@@H](Cn3cncn3)C2)no1. The van der Waals surface area contributed by atoms with Gasteiger partial charge in [0.25, 0.3) is 0 Å². The van der Waals surface area contributed by atoms with Gasteiger partial charge in [-0.3, -0.25) is 9.58 Å². The largest absolute Gasteiger partial charge is 0.374 e. The maximum absolute atomic E-state index is 5.77. The first kappa shape index (κ1) is 14.2. The van der Waals surface area contributed by atoms with E-state index in [9.17, 15) is 0 Å². The molecule has 1 aliphatic rings. The molecule has 2 aromatic rings. The van der Waals surface area contributed by atoms with Gasteiger partial charge in [-0.1, -0.05) is 19.0 Å². The van der Waals surface area contributed by atoms with Crippen molar-refractivity contribution in [2.24, 2.45) is 0 Å². The normalized spacial score (nSPS) is 20.2. The lowest BCUT2D eigenvalue weighted by molar-refractivity contribution is -0.0411. The van der Waals surface area contributed by atoms with Gasteiger partial charge in [0.1, 0.15) is 12.7 Å². The molecule has 3 heterocycles. The minimum absolute atomic E-state index is 0.108. The van der Waals surface area contributed by atoms with E-state index in [0.29, 0.717) is 25.6 Å². The van der Waals surface area contributed by atoms with Crippen LogP contribution in [0.15, 0.2) is 17.2 Å². The van der Waals surface area contributed by atoms with E-state index in [1.54, 1.807) is 11.0 Å². The lowest BCUT2D eigenvalue weighted by Gasteiger charge is -2.31. The number of hydrogen-bond acceptors (Lipinski definition) is 7. The van der Waals surface area contributed by atoms with Crippen molar-refractivity contribution in [1.82, 2.24) is 29.8 Å². The van der Waals surface area contributed by atoms with Crippen molar-refractivity contribution >= 4 is 0 Å². The molecule has 1 aliphatic heterocycles. The van der Waals surface area contributed by atoms with Crippen LogP contribution >= 0.6 is 0 Å². The molecule has 0 N–H and O–H groups in total. The third-order valence-corrected chi connectivity index (χ3v) is 3.42. The fraction of sp³-hybridized carbons (Fsp3) is 0.692. The summed E-state index contributed by atoms with van der Waals surface area (Å²) < 4.78 is 12.8. The van der Waals surface area contributed by atoms with E-state index >= 15 is 0 Å². The zero-order valence-electron chi connectivity index (χ0n) is 12.3. The summed E-state index contributed by atoms with van der Waals surface area (Å²) in [6.45, 7) is 7.88. The Morgan fingerprint density at radius 3 is 3.05 bits per heavy atom. The first-order valence-corrected chi connectivity index (χ1v) is 7.19. The number of rotatable bonds is 5. The van der Waals surface area contributed by atoms with Gasteiger partial charge in [-0.2, -0.15) is 10.1 Å². The van der Waals surface area contributed by atoms with Crippen LogP contribution < -0.4 is 0 Å². The Labute approximate surface area is 123 Å². The minimum atomic E-state index is 0.108. The quantitative estimate of drug-likeness (QED) is 0.801. The molecule has 0 aromatic carbocycles. The van der Waals surface area contributed by atoms with Gasteiger partial charge in [-0.05, 0) is 0 Å². The zero-order chi connectivity index (χ0) is 14.7. The van der Waals surface area contributed by atoms with Crippen LogP contribution in [0.4, 0.5) is 0 Å². The maximum Gasteiger partial charge on any atom is 0.229 e. The third-order valence-electron chi connectivity index (χ3n) is 3.42. The van der Waals surface area contributed by atoms with Gasteiger partial charge < -0.3 is 9.26 Å². The lowest BCUT2D eigenvalue weighted by atomic mass is 10.2. The molecule has 8 heteroatoms. The first-order chi connectivity index (χ1) is 10.2. The van der Waals surface area contributed by atoms with E-state index in [1.165, 1.54) is 6.33 Å². The van der Waals surface area contributed by atoms with Crippen molar-refractivity contribution < 1.29 is 9.26 Å². The Hall–Kier alpha value is -1.80. The Bertz CT molecular complexity index is 553. The molecule has 3 rings (SSSR count). The van der Waals surface area contributed by atoms with Crippen LogP contribution in [0, 0.1) is 0 Å². The Morgan fingerprint density at radius 1 is 1.43 bits per heavy atom. The number of hydrogen-bond donors (Lipinski definition) is 0. The number of morpholine rings is 1. The molecule has 114 valence electrons. The van der Waals surface area contributed by atoms with E-state index in [2.05, 4.69) is 25.1 Å². The molecule has 0 saturated carbocycles. The summed E-state index contributed by atoms with van der Waals surface area (Å²) in [5.74, 6) is 1.69. The smallest absolute Gasteiger partial charge is 0.229 e. The summed E-state index contributed by atoms with van der Waals surface area (Å²) in [5, 5.41) is 8.15. The van der Waals surface area contributed by atoms with E-state index in [4.69, 9.17) is 9.26 Å². The highest BCUT2D eigenvalue weighted by Crippen LogP contribution is 2.14. The van der Waals surface area contributed by atoms with Crippen molar-refractivity contribution in [3.8, 4) is 0 Å². The van der Waals surface area contributed by atoms with Crippen molar-refractivity contribution in [3.63, 3.8) is 0 Å². The summed E-state index contributed by atoms with van der Waals surface area (Å²) in [6.07, 6.45) is 3.35. The zero-order valence-corrected chi connectivity index (χ0v) is 12.3. The second-order valence-corrected chi connectivity index (χ2v) is 5.55. The second-order valence-electron chi connectivity index (χ2n) is 5.55. The Balaban J connectivity index is 1.55. The van der Waals surface area contributed by atoms with Crippen LogP contribution in [0.5, 0.6) is 0 Å². The molecule has 0 amide bonds. The topological polar surface area (TPSA) is 82.1 Å². The summed E-state index contributed by atoms with van der Waals surface area (Å²) in [5.41, 5.74) is 0. The van der Waals surface area contributed by atoms with E-state index in [0.717, 1.165) is 18.9 Å². The lowest BCUT2D eigenvalue weighted by Crippen LogP contribution is -2.43. The van der Waals surface area contributed by atoms with Crippen molar-refractivity contribution in [2.45, 2.75) is 39.0 Å². The summed E-state index contributed by atoms with van der Waals surface area (Å²) in [7, 11) is 0. The summed E-state index contributed by atoms with van der Waals surface area (Å²) >= 11 is 0. The van der Waals surface area contributed by atoms with Gasteiger partial charge in [0.2, 0.25) is 5.89 Å². The van der Waals surface area contributed by atoms with Crippen molar-refractivity contribution in [1.29, 1.82) is 0 Å². The average Bonchev–Trinajstić information content (AvgIpc) is 3.11. The van der Waals surface area contributed by atoms with Crippen molar-refractivity contribution in [2.75, 3.05) is 19.7 Å². The summed E-state index contributed by atoms with van der Waals surface area (Å²) in [6, 6.07) is 0. The molecule has 0 unspecified atom stereocenters. The molecule has 1 atom stereocenters. The van der Waals surface area contributed by atoms with Crippen LogP contribution in [0.3, 0.4) is 0 Å². The van der Waals surface area contributed by atoms with Crippen LogP contribution in [-0.2, 0) is 17.8 Å². The van der Waals surface area contributed by atoms with Gasteiger partial charge in [-0.15, -0.1) is 0 Å². The molecule has 0 radical (unpaired) electrons. The summed E-state index contributed by atoms with van der Waals surface area (Å²) in [4.78, 5) is 10.6. The molecule has 8 nitrogen and oxygen atoms in total. The molecule has 1 saturated heterocycles. The minimum Gasteiger partial charge on any atom is -0.374 e. The maximum atomic E-state index is 5.77. The molecule has 21 heavy (non-hydrogen) atoms. The molecule has 2 aromatic heterocycles. The fourth-order valence-electron chi connectivity index (χ4n) is 2.34. The van der Waals surface area contributed by atoms with Gasteiger partial charge >= 0.3 is 0 Å². The molecular formula is C13H20N6O2. The molecule has 1 fully saturated rings. The van der Waals surface area contributed by atoms with E-state index in [1.807, 2.05) is 13.8 Å². The Morgan fingerprint density at radius 2 is 2.33 bits per heavy atom. The second kappa shape index (κ2) is 6.31. The molecule has 0 bridgehead atoms. The molecule has 0 spiro atoms. The fourth-order valence-corrected chi connectivity index (χ4v) is 2.34.